The topological polar surface area (TPSA) is 56.8 Å². The van der Waals surface area contributed by atoms with E-state index in [9.17, 15) is 9.59 Å². The Bertz CT molecular complexity index is 560. The third-order valence-corrected chi connectivity index (χ3v) is 4.99. The van der Waals surface area contributed by atoms with Crippen LogP contribution in [0.4, 0.5) is 5.82 Å². The number of hydrogen-bond acceptors (Lipinski definition) is 5. The van der Waals surface area contributed by atoms with Gasteiger partial charge in [-0.1, -0.05) is 11.6 Å². The first kappa shape index (κ1) is 15.4. The zero-order valence-corrected chi connectivity index (χ0v) is 13.6. The van der Waals surface area contributed by atoms with Gasteiger partial charge in [-0.25, -0.2) is 4.98 Å². The zero-order valence-electron chi connectivity index (χ0n) is 12.1. The molecule has 0 radical (unpaired) electrons. The Balaban J connectivity index is 1.51. The molecule has 2 amide bonds. The molecule has 3 rings (SSSR count). The van der Waals surface area contributed by atoms with Crippen LogP contribution in [0.5, 0.6) is 0 Å². The Kier molecular flexibility index (Phi) is 4.73. The first-order chi connectivity index (χ1) is 10.6. The zero-order chi connectivity index (χ0) is 15.5. The van der Waals surface area contributed by atoms with Crippen molar-refractivity contribution in [1.29, 1.82) is 0 Å². The van der Waals surface area contributed by atoms with Crippen molar-refractivity contribution in [2.24, 2.45) is 0 Å². The van der Waals surface area contributed by atoms with Gasteiger partial charge in [0.1, 0.15) is 12.4 Å². The summed E-state index contributed by atoms with van der Waals surface area (Å²) in [7, 11) is 0. The Hall–Kier alpha value is -1.47. The highest BCUT2D eigenvalue weighted by molar-refractivity contribution is 8.00. The number of aromatic nitrogens is 1. The summed E-state index contributed by atoms with van der Waals surface area (Å²) in [6.07, 6.45) is 1.63. The van der Waals surface area contributed by atoms with Gasteiger partial charge in [0.25, 0.3) is 0 Å². The minimum atomic E-state index is 0.0274. The van der Waals surface area contributed by atoms with Gasteiger partial charge in [0.15, 0.2) is 0 Å². The molecule has 0 bridgehead atoms. The van der Waals surface area contributed by atoms with Gasteiger partial charge in [0.2, 0.25) is 11.8 Å². The van der Waals surface area contributed by atoms with Gasteiger partial charge in [-0.2, -0.15) is 0 Å². The summed E-state index contributed by atoms with van der Waals surface area (Å²) in [4.78, 5) is 33.7. The fourth-order valence-electron chi connectivity index (χ4n) is 2.54. The smallest absolute Gasteiger partial charge is 0.242 e. The molecule has 2 aliphatic heterocycles. The standard InChI is InChI=1S/C14H17ClN4O2S/c15-11-1-2-12(16-7-11)17-3-5-18(6-4-17)13(20)8-19-10-22-9-14(19)21/h1-2,7H,3-6,8-10H2. The van der Waals surface area contributed by atoms with E-state index in [4.69, 9.17) is 11.6 Å². The normalized spacial score (nSPS) is 19.0. The van der Waals surface area contributed by atoms with Crippen LogP contribution >= 0.6 is 23.4 Å². The van der Waals surface area contributed by atoms with E-state index in [1.54, 1.807) is 22.9 Å². The molecule has 0 aliphatic carbocycles. The fourth-order valence-corrected chi connectivity index (χ4v) is 3.56. The van der Waals surface area contributed by atoms with Crippen molar-refractivity contribution in [3.8, 4) is 0 Å². The average Bonchev–Trinajstić information content (AvgIpc) is 2.93. The third kappa shape index (κ3) is 3.47. The lowest BCUT2D eigenvalue weighted by Crippen LogP contribution is -2.51. The minimum Gasteiger partial charge on any atom is -0.353 e. The van der Waals surface area contributed by atoms with Crippen molar-refractivity contribution in [3.63, 3.8) is 0 Å². The fraction of sp³-hybridized carbons (Fsp3) is 0.500. The Labute approximate surface area is 138 Å². The van der Waals surface area contributed by atoms with E-state index in [-0.39, 0.29) is 18.4 Å². The molecular weight excluding hydrogens is 324 g/mol. The second-order valence-corrected chi connectivity index (χ2v) is 6.66. The van der Waals surface area contributed by atoms with Crippen LogP contribution in [0.25, 0.3) is 0 Å². The van der Waals surface area contributed by atoms with Crippen molar-refractivity contribution in [3.05, 3.63) is 23.4 Å². The van der Waals surface area contributed by atoms with E-state index in [0.29, 0.717) is 29.7 Å². The molecule has 0 unspecified atom stereocenters. The molecule has 6 nitrogen and oxygen atoms in total. The van der Waals surface area contributed by atoms with Gasteiger partial charge in [-0.15, -0.1) is 11.8 Å². The molecule has 8 heteroatoms. The maximum absolute atomic E-state index is 12.3. The molecule has 2 fully saturated rings. The number of carbonyl (C=O) groups is 2. The lowest BCUT2D eigenvalue weighted by Gasteiger charge is -2.36. The summed E-state index contributed by atoms with van der Waals surface area (Å²) >= 11 is 7.40. The number of carbonyl (C=O) groups excluding carboxylic acids is 2. The van der Waals surface area contributed by atoms with Crippen molar-refractivity contribution in [1.82, 2.24) is 14.8 Å². The molecule has 118 valence electrons. The number of hydrogen-bond donors (Lipinski definition) is 0. The molecule has 0 aromatic carbocycles. The highest BCUT2D eigenvalue weighted by Gasteiger charge is 2.27. The molecular formula is C14H17ClN4O2S. The van der Waals surface area contributed by atoms with Gasteiger partial charge in [0, 0.05) is 32.4 Å². The van der Waals surface area contributed by atoms with Crippen molar-refractivity contribution < 1.29 is 9.59 Å². The van der Waals surface area contributed by atoms with Gasteiger partial charge in [-0.05, 0) is 12.1 Å². The van der Waals surface area contributed by atoms with Crippen molar-refractivity contribution in [2.75, 3.05) is 49.3 Å². The highest BCUT2D eigenvalue weighted by Crippen LogP contribution is 2.17. The molecule has 0 spiro atoms. The molecule has 2 aliphatic rings. The van der Waals surface area contributed by atoms with Crippen LogP contribution in [0, 0.1) is 0 Å². The van der Waals surface area contributed by atoms with E-state index in [0.717, 1.165) is 18.9 Å². The van der Waals surface area contributed by atoms with Crippen molar-refractivity contribution >= 4 is 41.0 Å². The monoisotopic (exact) mass is 340 g/mol. The second-order valence-electron chi connectivity index (χ2n) is 5.27. The van der Waals surface area contributed by atoms with Crippen LogP contribution in [-0.4, -0.2) is 71.0 Å². The quantitative estimate of drug-likeness (QED) is 0.819. The lowest BCUT2D eigenvalue weighted by atomic mass is 10.3. The number of anilines is 1. The number of thioether (sulfide) groups is 1. The van der Waals surface area contributed by atoms with Gasteiger partial charge < -0.3 is 14.7 Å². The van der Waals surface area contributed by atoms with Crippen LogP contribution in [0.15, 0.2) is 18.3 Å². The second kappa shape index (κ2) is 6.75. The lowest BCUT2D eigenvalue weighted by molar-refractivity contribution is -0.138. The van der Waals surface area contributed by atoms with E-state index in [2.05, 4.69) is 9.88 Å². The summed E-state index contributed by atoms with van der Waals surface area (Å²) in [6, 6.07) is 3.71. The summed E-state index contributed by atoms with van der Waals surface area (Å²) < 4.78 is 0. The van der Waals surface area contributed by atoms with Crippen LogP contribution in [0.2, 0.25) is 5.02 Å². The summed E-state index contributed by atoms with van der Waals surface area (Å²) in [5, 5.41) is 0.616. The van der Waals surface area contributed by atoms with Gasteiger partial charge >= 0.3 is 0 Å². The maximum atomic E-state index is 12.3. The Morgan fingerprint density at radius 1 is 1.27 bits per heavy atom. The molecule has 0 N–H and O–H groups in total. The van der Waals surface area contributed by atoms with Crippen LogP contribution in [0.1, 0.15) is 0 Å². The molecule has 3 heterocycles. The highest BCUT2D eigenvalue weighted by atomic mass is 35.5. The van der Waals surface area contributed by atoms with E-state index >= 15 is 0 Å². The van der Waals surface area contributed by atoms with Gasteiger partial charge in [0.05, 0.1) is 16.7 Å². The number of piperazine rings is 1. The van der Waals surface area contributed by atoms with E-state index < -0.39 is 0 Å². The molecule has 2 saturated heterocycles. The summed E-state index contributed by atoms with van der Waals surface area (Å²) in [5.74, 6) is 2.08. The SMILES string of the molecule is O=C(CN1CSCC1=O)N1CCN(c2ccc(Cl)cn2)CC1. The Morgan fingerprint density at radius 2 is 2.05 bits per heavy atom. The molecule has 0 saturated carbocycles. The van der Waals surface area contributed by atoms with Crippen molar-refractivity contribution in [2.45, 2.75) is 0 Å². The maximum Gasteiger partial charge on any atom is 0.242 e. The minimum absolute atomic E-state index is 0.0274. The number of pyridine rings is 1. The summed E-state index contributed by atoms with van der Waals surface area (Å²) in [5.41, 5.74) is 0. The van der Waals surface area contributed by atoms with Crippen LogP contribution in [-0.2, 0) is 9.59 Å². The number of rotatable bonds is 3. The largest absolute Gasteiger partial charge is 0.353 e. The predicted molar refractivity (Wildman–Crippen MR) is 87.1 cm³/mol. The van der Waals surface area contributed by atoms with Crippen LogP contribution in [0.3, 0.4) is 0 Å². The first-order valence-electron chi connectivity index (χ1n) is 7.13. The van der Waals surface area contributed by atoms with Gasteiger partial charge in [-0.3, -0.25) is 9.59 Å². The molecule has 22 heavy (non-hydrogen) atoms. The summed E-state index contributed by atoms with van der Waals surface area (Å²) in [6.45, 7) is 2.98. The van der Waals surface area contributed by atoms with E-state index in [1.165, 1.54) is 0 Å². The van der Waals surface area contributed by atoms with E-state index in [1.807, 2.05) is 17.0 Å². The molecule has 0 atom stereocenters. The predicted octanol–water partition coefficient (Wildman–Crippen LogP) is 0.917. The number of halogens is 1. The van der Waals surface area contributed by atoms with Crippen LogP contribution < -0.4 is 4.90 Å². The first-order valence-corrected chi connectivity index (χ1v) is 8.66. The number of amides is 2. The third-order valence-electron chi connectivity index (χ3n) is 3.82. The Morgan fingerprint density at radius 3 is 2.64 bits per heavy atom. The average molecular weight is 341 g/mol. The molecule has 1 aromatic rings. The molecule has 1 aromatic heterocycles. The number of nitrogens with zero attached hydrogens (tertiary/aromatic N) is 4.